The predicted octanol–water partition coefficient (Wildman–Crippen LogP) is 3.37. The molecular weight excluding hydrogens is 383 g/mol. The molecule has 0 bridgehead atoms. The fraction of sp³-hybridized carbons (Fsp3) is 0.0909. The minimum absolute atomic E-state index is 0.244. The van der Waals surface area contributed by atoms with Crippen LogP contribution >= 0.6 is 0 Å². The van der Waals surface area contributed by atoms with E-state index in [0.717, 1.165) is 11.1 Å². The highest BCUT2D eigenvalue weighted by molar-refractivity contribution is 5.94. The lowest BCUT2D eigenvalue weighted by Crippen LogP contribution is -2.23. The first kappa shape index (κ1) is 19.3. The van der Waals surface area contributed by atoms with Crippen molar-refractivity contribution >= 4 is 5.91 Å². The van der Waals surface area contributed by atoms with Crippen LogP contribution in [-0.4, -0.2) is 31.1 Å². The molecule has 0 aliphatic rings. The molecule has 4 aromatic heterocycles. The smallest absolute Gasteiger partial charge is 0.253 e. The van der Waals surface area contributed by atoms with E-state index in [4.69, 9.17) is 0 Å². The molecule has 0 radical (unpaired) electrons. The molecule has 8 heteroatoms. The lowest BCUT2D eigenvalue weighted by Gasteiger charge is -2.09. The molecule has 30 heavy (non-hydrogen) atoms. The molecule has 4 aromatic rings. The molecule has 4 rings (SSSR count). The SMILES string of the molecule is Cc1cc(CNC(=O)c2ccc(-c3cccnn3)nc2)cnc1-c1ccnc(F)c1. The predicted molar refractivity (Wildman–Crippen MR) is 109 cm³/mol. The number of aryl methyl sites for hydroxylation is 1. The van der Waals surface area contributed by atoms with E-state index >= 15 is 0 Å². The van der Waals surface area contributed by atoms with Gasteiger partial charge in [0.05, 0.1) is 17.0 Å². The van der Waals surface area contributed by atoms with Crippen LogP contribution in [0, 0.1) is 12.9 Å². The van der Waals surface area contributed by atoms with Crippen LogP contribution in [0.5, 0.6) is 0 Å². The number of amides is 1. The van der Waals surface area contributed by atoms with Crippen LogP contribution in [0.3, 0.4) is 0 Å². The normalized spacial score (nSPS) is 10.6. The van der Waals surface area contributed by atoms with Crippen LogP contribution in [0.2, 0.25) is 0 Å². The average molecular weight is 400 g/mol. The summed E-state index contributed by atoms with van der Waals surface area (Å²) in [4.78, 5) is 24.7. The molecule has 7 nitrogen and oxygen atoms in total. The summed E-state index contributed by atoms with van der Waals surface area (Å²) >= 11 is 0. The third kappa shape index (κ3) is 4.33. The number of hydrogen-bond donors (Lipinski definition) is 1. The van der Waals surface area contributed by atoms with E-state index in [9.17, 15) is 9.18 Å². The Balaban J connectivity index is 1.42. The average Bonchev–Trinajstić information content (AvgIpc) is 2.78. The van der Waals surface area contributed by atoms with E-state index in [1.54, 1.807) is 42.7 Å². The van der Waals surface area contributed by atoms with Gasteiger partial charge in [0.15, 0.2) is 0 Å². The molecule has 4 heterocycles. The Labute approximate surface area is 172 Å². The summed E-state index contributed by atoms with van der Waals surface area (Å²) in [7, 11) is 0. The van der Waals surface area contributed by atoms with Crippen molar-refractivity contribution in [2.45, 2.75) is 13.5 Å². The van der Waals surface area contributed by atoms with Crippen molar-refractivity contribution in [3.8, 4) is 22.6 Å². The van der Waals surface area contributed by atoms with E-state index in [0.29, 0.717) is 34.8 Å². The van der Waals surface area contributed by atoms with Crippen molar-refractivity contribution in [3.05, 3.63) is 89.9 Å². The number of nitrogens with zero attached hydrogens (tertiary/aromatic N) is 5. The van der Waals surface area contributed by atoms with E-state index in [2.05, 4.69) is 30.5 Å². The lowest BCUT2D eigenvalue weighted by molar-refractivity contribution is 0.0950. The molecule has 0 saturated heterocycles. The zero-order valence-corrected chi connectivity index (χ0v) is 16.1. The third-order valence-electron chi connectivity index (χ3n) is 4.45. The number of carbonyl (C=O) groups is 1. The van der Waals surface area contributed by atoms with Crippen LogP contribution in [0.4, 0.5) is 4.39 Å². The highest BCUT2D eigenvalue weighted by Gasteiger charge is 2.10. The van der Waals surface area contributed by atoms with E-state index < -0.39 is 5.95 Å². The Hall–Kier alpha value is -4.07. The summed E-state index contributed by atoms with van der Waals surface area (Å²) in [5.41, 5.74) is 4.77. The number of nitrogens with one attached hydrogen (secondary N) is 1. The van der Waals surface area contributed by atoms with Crippen molar-refractivity contribution in [3.63, 3.8) is 0 Å². The Morgan fingerprint density at radius 1 is 1.00 bits per heavy atom. The molecule has 148 valence electrons. The third-order valence-corrected chi connectivity index (χ3v) is 4.45. The molecule has 1 amide bonds. The fourth-order valence-corrected chi connectivity index (χ4v) is 2.98. The quantitative estimate of drug-likeness (QED) is 0.516. The van der Waals surface area contributed by atoms with E-state index in [1.165, 1.54) is 18.5 Å². The first-order valence-corrected chi connectivity index (χ1v) is 9.20. The Bertz CT molecular complexity index is 1180. The van der Waals surface area contributed by atoms with Gasteiger partial charge in [0, 0.05) is 43.0 Å². The monoisotopic (exact) mass is 400 g/mol. The Morgan fingerprint density at radius 3 is 2.60 bits per heavy atom. The van der Waals surface area contributed by atoms with Crippen LogP contribution in [0.25, 0.3) is 22.6 Å². The molecule has 0 fully saturated rings. The van der Waals surface area contributed by atoms with E-state index in [1.807, 2.05) is 13.0 Å². The first-order valence-electron chi connectivity index (χ1n) is 9.20. The number of halogens is 1. The zero-order valence-electron chi connectivity index (χ0n) is 16.1. The van der Waals surface area contributed by atoms with Gasteiger partial charge >= 0.3 is 0 Å². The summed E-state index contributed by atoms with van der Waals surface area (Å²) in [5, 5.41) is 10.7. The van der Waals surface area contributed by atoms with Gasteiger partial charge in [-0.1, -0.05) is 6.07 Å². The van der Waals surface area contributed by atoms with Gasteiger partial charge in [-0.05, 0) is 48.4 Å². The minimum Gasteiger partial charge on any atom is -0.348 e. The highest BCUT2D eigenvalue weighted by Crippen LogP contribution is 2.21. The molecule has 0 aromatic carbocycles. The Kier molecular flexibility index (Phi) is 5.47. The first-order chi connectivity index (χ1) is 14.6. The van der Waals surface area contributed by atoms with Crippen molar-refractivity contribution < 1.29 is 9.18 Å². The van der Waals surface area contributed by atoms with Gasteiger partial charge in [0.1, 0.15) is 5.69 Å². The summed E-state index contributed by atoms with van der Waals surface area (Å²) in [6, 6.07) is 12.0. The molecule has 0 saturated carbocycles. The van der Waals surface area contributed by atoms with Crippen LogP contribution in [-0.2, 0) is 6.54 Å². The maximum Gasteiger partial charge on any atom is 0.253 e. The fourth-order valence-electron chi connectivity index (χ4n) is 2.98. The number of aromatic nitrogens is 5. The summed E-state index contributed by atoms with van der Waals surface area (Å²) < 4.78 is 13.4. The van der Waals surface area contributed by atoms with Crippen LogP contribution in [0.1, 0.15) is 21.5 Å². The van der Waals surface area contributed by atoms with Gasteiger partial charge in [-0.2, -0.15) is 9.49 Å². The van der Waals surface area contributed by atoms with Gasteiger partial charge in [-0.15, -0.1) is 5.10 Å². The maximum absolute atomic E-state index is 13.4. The van der Waals surface area contributed by atoms with Gasteiger partial charge in [0.25, 0.3) is 5.91 Å². The van der Waals surface area contributed by atoms with Gasteiger partial charge in [-0.25, -0.2) is 4.98 Å². The molecule has 0 unspecified atom stereocenters. The number of rotatable bonds is 5. The van der Waals surface area contributed by atoms with Crippen LogP contribution < -0.4 is 5.32 Å². The van der Waals surface area contributed by atoms with Gasteiger partial charge < -0.3 is 5.32 Å². The largest absolute Gasteiger partial charge is 0.348 e. The van der Waals surface area contributed by atoms with Crippen molar-refractivity contribution in [2.24, 2.45) is 0 Å². The summed E-state index contributed by atoms with van der Waals surface area (Å²) in [5.74, 6) is -0.796. The Morgan fingerprint density at radius 2 is 1.90 bits per heavy atom. The second-order valence-corrected chi connectivity index (χ2v) is 6.60. The number of pyridine rings is 3. The number of carbonyl (C=O) groups excluding carboxylic acids is 1. The maximum atomic E-state index is 13.4. The second kappa shape index (κ2) is 8.52. The van der Waals surface area contributed by atoms with Crippen molar-refractivity contribution in [2.75, 3.05) is 0 Å². The van der Waals surface area contributed by atoms with Crippen LogP contribution in [0.15, 0.2) is 67.3 Å². The molecule has 0 atom stereocenters. The van der Waals surface area contributed by atoms with Crippen molar-refractivity contribution in [1.82, 2.24) is 30.5 Å². The van der Waals surface area contributed by atoms with Gasteiger partial charge in [-0.3, -0.25) is 14.8 Å². The molecule has 0 spiro atoms. The second-order valence-electron chi connectivity index (χ2n) is 6.60. The molecule has 0 aliphatic heterocycles. The molecule has 0 aliphatic carbocycles. The van der Waals surface area contributed by atoms with Crippen molar-refractivity contribution in [1.29, 1.82) is 0 Å². The minimum atomic E-state index is -0.552. The van der Waals surface area contributed by atoms with Gasteiger partial charge in [0.2, 0.25) is 5.95 Å². The summed E-state index contributed by atoms with van der Waals surface area (Å²) in [6.07, 6.45) is 6.16. The lowest BCUT2D eigenvalue weighted by atomic mass is 10.1. The van der Waals surface area contributed by atoms with E-state index in [-0.39, 0.29) is 5.91 Å². The topological polar surface area (TPSA) is 93.6 Å². The summed E-state index contributed by atoms with van der Waals surface area (Å²) in [6.45, 7) is 2.20. The highest BCUT2D eigenvalue weighted by atomic mass is 19.1. The zero-order chi connectivity index (χ0) is 20.9. The molecular formula is C22H17FN6O. The number of hydrogen-bond acceptors (Lipinski definition) is 6. The standard InChI is InChI=1S/C22H17FN6O/c1-14-9-15(11-26-21(14)16-6-8-24-20(23)10-16)12-27-22(30)17-4-5-18(25-13-17)19-3-2-7-28-29-19/h2-11,13H,12H2,1H3,(H,27,30). The molecule has 1 N–H and O–H groups in total.